The van der Waals surface area contributed by atoms with Crippen LogP contribution in [0.15, 0.2) is 0 Å². The number of esters is 1. The Bertz CT molecular complexity index is 369. The number of likely N-dealkylation sites (N-methyl/N-ethyl adjacent to an activating group) is 1. The van der Waals surface area contributed by atoms with Crippen molar-refractivity contribution in [3.63, 3.8) is 0 Å². The van der Waals surface area contributed by atoms with Crippen molar-refractivity contribution in [2.24, 2.45) is 0 Å². The number of rotatable bonds is 7. The van der Waals surface area contributed by atoms with Crippen molar-refractivity contribution >= 4 is 23.9 Å². The van der Waals surface area contributed by atoms with Gasteiger partial charge in [-0.05, 0) is 6.92 Å². The van der Waals surface area contributed by atoms with E-state index in [-0.39, 0.29) is 13.1 Å². The van der Waals surface area contributed by atoms with Gasteiger partial charge in [-0.25, -0.2) is 9.59 Å². The minimum absolute atomic E-state index is 0.139. The fraction of sp³-hybridized carbons (Fsp3) is 0.600. The molecule has 19 heavy (non-hydrogen) atoms. The predicted molar refractivity (Wildman–Crippen MR) is 61.5 cm³/mol. The molecule has 0 heterocycles. The molecule has 3 N–H and O–H groups in total. The van der Waals surface area contributed by atoms with Gasteiger partial charge >= 0.3 is 23.9 Å². The van der Waals surface area contributed by atoms with E-state index in [0.717, 1.165) is 12.0 Å². The molecule has 108 valence electrons. The normalized spacial score (nSPS) is 11.3. The van der Waals surface area contributed by atoms with Gasteiger partial charge in [-0.1, -0.05) is 0 Å². The van der Waals surface area contributed by atoms with E-state index in [0.29, 0.717) is 0 Å². The number of nitrogens with zero attached hydrogens (tertiary/aromatic N) is 1. The summed E-state index contributed by atoms with van der Waals surface area (Å²) in [5.74, 6) is -3.49. The second kappa shape index (κ2) is 7.90. The van der Waals surface area contributed by atoms with E-state index in [1.807, 2.05) is 5.32 Å². The number of nitrogens with one attached hydrogen (secondary N) is 1. The molecule has 0 aliphatic heterocycles. The quantitative estimate of drug-likeness (QED) is 0.514. The average Bonchev–Trinajstić information content (AvgIpc) is 2.33. The van der Waals surface area contributed by atoms with Gasteiger partial charge in [0.05, 0.1) is 13.5 Å². The molecule has 0 fully saturated rings. The summed E-state index contributed by atoms with van der Waals surface area (Å²) in [4.78, 5) is 44.9. The molecule has 1 atom stereocenters. The van der Waals surface area contributed by atoms with Crippen LogP contribution in [-0.2, 0) is 19.1 Å². The third-order valence-corrected chi connectivity index (χ3v) is 2.19. The van der Waals surface area contributed by atoms with Gasteiger partial charge in [-0.3, -0.25) is 9.59 Å². The van der Waals surface area contributed by atoms with E-state index in [1.165, 1.54) is 0 Å². The van der Waals surface area contributed by atoms with Gasteiger partial charge in [0.2, 0.25) is 0 Å². The van der Waals surface area contributed by atoms with Crippen LogP contribution in [0.4, 0.5) is 4.79 Å². The number of carboxylic acid groups (broad SMARTS) is 2. The van der Waals surface area contributed by atoms with E-state index >= 15 is 0 Å². The average molecular weight is 276 g/mol. The lowest BCUT2D eigenvalue weighted by molar-refractivity contribution is -0.145. The molecule has 0 aromatic heterocycles. The summed E-state index contributed by atoms with van der Waals surface area (Å²) < 4.78 is 4.38. The Balaban J connectivity index is 4.63. The summed E-state index contributed by atoms with van der Waals surface area (Å²) in [7, 11) is 1.15. The van der Waals surface area contributed by atoms with Crippen molar-refractivity contribution in [1.29, 1.82) is 0 Å². The van der Waals surface area contributed by atoms with Gasteiger partial charge in [0, 0.05) is 6.54 Å². The maximum atomic E-state index is 11.7. The van der Waals surface area contributed by atoms with Gasteiger partial charge in [-0.15, -0.1) is 0 Å². The number of hydrogen-bond donors (Lipinski definition) is 3. The van der Waals surface area contributed by atoms with Gasteiger partial charge in [0.1, 0.15) is 12.6 Å². The SMILES string of the molecule is CCN(CC(=O)OC)C(=O)N[C@H](CC(=O)O)C(=O)O. The van der Waals surface area contributed by atoms with E-state index < -0.39 is 36.4 Å². The first-order valence-corrected chi connectivity index (χ1v) is 5.38. The third kappa shape index (κ3) is 6.24. The largest absolute Gasteiger partial charge is 0.481 e. The number of aliphatic carboxylic acids is 2. The van der Waals surface area contributed by atoms with Crippen LogP contribution in [0.5, 0.6) is 0 Å². The van der Waals surface area contributed by atoms with Crippen LogP contribution in [0, 0.1) is 0 Å². The Morgan fingerprint density at radius 3 is 2.21 bits per heavy atom. The van der Waals surface area contributed by atoms with Crippen LogP contribution >= 0.6 is 0 Å². The highest BCUT2D eigenvalue weighted by Gasteiger charge is 2.25. The molecule has 9 nitrogen and oxygen atoms in total. The maximum absolute atomic E-state index is 11.7. The second-order valence-electron chi connectivity index (χ2n) is 3.53. The molecule has 0 saturated carbocycles. The Kier molecular flexibility index (Phi) is 6.94. The van der Waals surface area contributed by atoms with Crippen LogP contribution < -0.4 is 5.32 Å². The summed E-state index contributed by atoms with van der Waals surface area (Å²) >= 11 is 0. The number of hydrogen-bond acceptors (Lipinski definition) is 5. The van der Waals surface area contributed by atoms with Crippen LogP contribution in [0.1, 0.15) is 13.3 Å². The molecule has 0 saturated heterocycles. The molecule has 0 aromatic carbocycles. The van der Waals surface area contributed by atoms with Crippen LogP contribution in [0.3, 0.4) is 0 Å². The number of carboxylic acids is 2. The summed E-state index contributed by atoms with van der Waals surface area (Å²) in [6, 6.07) is -2.40. The second-order valence-corrected chi connectivity index (χ2v) is 3.53. The molecule has 0 rings (SSSR count). The van der Waals surface area contributed by atoms with Gasteiger partial charge in [0.15, 0.2) is 0 Å². The Morgan fingerprint density at radius 1 is 1.26 bits per heavy atom. The third-order valence-electron chi connectivity index (χ3n) is 2.19. The zero-order valence-electron chi connectivity index (χ0n) is 10.6. The summed E-state index contributed by atoms with van der Waals surface area (Å²) in [5.41, 5.74) is 0. The first-order chi connectivity index (χ1) is 8.81. The predicted octanol–water partition coefficient (Wildman–Crippen LogP) is -0.881. The van der Waals surface area contributed by atoms with Gasteiger partial charge < -0.3 is 25.2 Å². The van der Waals surface area contributed by atoms with E-state index in [1.54, 1.807) is 6.92 Å². The zero-order chi connectivity index (χ0) is 15.0. The van der Waals surface area contributed by atoms with Crippen LogP contribution in [0.25, 0.3) is 0 Å². The van der Waals surface area contributed by atoms with Crippen LogP contribution in [-0.4, -0.2) is 65.3 Å². The van der Waals surface area contributed by atoms with Crippen molar-refractivity contribution in [1.82, 2.24) is 10.2 Å². The number of carbonyl (C=O) groups is 4. The fourth-order valence-corrected chi connectivity index (χ4v) is 1.16. The molecular weight excluding hydrogens is 260 g/mol. The molecule has 0 unspecified atom stereocenters. The van der Waals surface area contributed by atoms with Crippen molar-refractivity contribution in [2.75, 3.05) is 20.2 Å². The number of urea groups is 1. The molecule has 0 aliphatic rings. The topological polar surface area (TPSA) is 133 Å². The number of carbonyl (C=O) groups excluding carboxylic acids is 2. The lowest BCUT2D eigenvalue weighted by Crippen LogP contribution is -2.50. The molecule has 0 spiro atoms. The lowest BCUT2D eigenvalue weighted by atomic mass is 10.2. The standard InChI is InChI=1S/C10H16N2O7/c1-3-12(5-8(15)19-2)10(18)11-6(9(16)17)4-7(13)14/h6H,3-5H2,1-2H3,(H,11,18)(H,13,14)(H,16,17)/t6-/m1/s1. The monoisotopic (exact) mass is 276 g/mol. The van der Waals surface area contributed by atoms with Crippen LogP contribution in [0.2, 0.25) is 0 Å². The van der Waals surface area contributed by atoms with Crippen molar-refractivity contribution in [2.45, 2.75) is 19.4 Å². The smallest absolute Gasteiger partial charge is 0.326 e. The zero-order valence-corrected chi connectivity index (χ0v) is 10.6. The van der Waals surface area contributed by atoms with E-state index in [9.17, 15) is 19.2 Å². The van der Waals surface area contributed by atoms with E-state index in [2.05, 4.69) is 4.74 Å². The Labute approximate surface area is 109 Å². The fourth-order valence-electron chi connectivity index (χ4n) is 1.16. The summed E-state index contributed by atoms with van der Waals surface area (Å²) in [6.45, 7) is 1.37. The molecule has 0 bridgehead atoms. The number of ether oxygens (including phenoxy) is 1. The molecular formula is C10H16N2O7. The minimum atomic E-state index is -1.56. The first kappa shape index (κ1) is 16.7. The van der Waals surface area contributed by atoms with E-state index in [4.69, 9.17) is 10.2 Å². The molecule has 0 radical (unpaired) electrons. The summed E-state index contributed by atoms with van der Waals surface area (Å²) in [5, 5.41) is 19.3. The molecule has 2 amide bonds. The highest BCUT2D eigenvalue weighted by atomic mass is 16.5. The lowest BCUT2D eigenvalue weighted by Gasteiger charge is -2.22. The highest BCUT2D eigenvalue weighted by Crippen LogP contribution is 1.97. The molecule has 0 aromatic rings. The van der Waals surface area contributed by atoms with Gasteiger partial charge in [0.25, 0.3) is 0 Å². The first-order valence-electron chi connectivity index (χ1n) is 5.38. The Morgan fingerprint density at radius 2 is 1.84 bits per heavy atom. The number of amides is 2. The Hall–Kier alpha value is -2.32. The van der Waals surface area contributed by atoms with Gasteiger partial charge in [-0.2, -0.15) is 0 Å². The molecule has 0 aliphatic carbocycles. The van der Waals surface area contributed by atoms with Crippen molar-refractivity contribution in [3.05, 3.63) is 0 Å². The van der Waals surface area contributed by atoms with Crippen molar-refractivity contribution in [3.8, 4) is 0 Å². The highest BCUT2D eigenvalue weighted by molar-refractivity contribution is 5.87. The number of methoxy groups -OCH3 is 1. The summed E-state index contributed by atoms with van der Waals surface area (Å²) in [6.07, 6.45) is -0.753. The minimum Gasteiger partial charge on any atom is -0.481 e. The molecule has 9 heteroatoms. The maximum Gasteiger partial charge on any atom is 0.326 e. The van der Waals surface area contributed by atoms with Crippen molar-refractivity contribution < 1.29 is 34.1 Å².